The van der Waals surface area contributed by atoms with Crippen molar-refractivity contribution < 1.29 is 9.18 Å². The van der Waals surface area contributed by atoms with E-state index in [0.29, 0.717) is 12.1 Å². The highest BCUT2D eigenvalue weighted by molar-refractivity contribution is 7.18. The van der Waals surface area contributed by atoms with Gasteiger partial charge in [0.05, 0.1) is 23.3 Å². The van der Waals surface area contributed by atoms with Gasteiger partial charge in [0.1, 0.15) is 10.8 Å². The molecular weight excluding hydrogens is 375 g/mol. The fraction of sp³-hybridized carbons (Fsp3) is 0.333. The summed E-state index contributed by atoms with van der Waals surface area (Å²) in [6, 6.07) is 14.7. The third kappa shape index (κ3) is 4.73. The highest BCUT2D eigenvalue weighted by atomic mass is 32.1. The number of para-hydroxylation sites is 1. The number of carbonyl (C=O) groups is 1. The van der Waals surface area contributed by atoms with Crippen LogP contribution in [0, 0.1) is 5.82 Å². The number of thiazole rings is 1. The van der Waals surface area contributed by atoms with Gasteiger partial charge in [0.15, 0.2) is 0 Å². The number of hydrogen-bond acceptors (Lipinski definition) is 5. The third-order valence-electron chi connectivity index (χ3n) is 4.96. The van der Waals surface area contributed by atoms with Crippen molar-refractivity contribution >= 4 is 27.5 Å². The molecule has 0 radical (unpaired) electrons. The van der Waals surface area contributed by atoms with Crippen LogP contribution in [0.1, 0.15) is 10.6 Å². The van der Waals surface area contributed by atoms with Gasteiger partial charge in [0.25, 0.3) is 0 Å². The number of nitrogens with zero attached hydrogens (tertiary/aromatic N) is 3. The number of benzene rings is 2. The van der Waals surface area contributed by atoms with E-state index in [4.69, 9.17) is 4.98 Å². The number of nitrogens with one attached hydrogen (secondary N) is 1. The second-order valence-corrected chi connectivity index (χ2v) is 8.11. The lowest BCUT2D eigenvalue weighted by atomic mass is 10.2. The van der Waals surface area contributed by atoms with Crippen LogP contribution >= 0.6 is 11.3 Å². The molecule has 0 bridgehead atoms. The van der Waals surface area contributed by atoms with E-state index in [1.54, 1.807) is 29.5 Å². The zero-order chi connectivity index (χ0) is 19.3. The Morgan fingerprint density at radius 2 is 1.75 bits per heavy atom. The maximum Gasteiger partial charge on any atom is 0.234 e. The lowest BCUT2D eigenvalue weighted by molar-refractivity contribution is -0.122. The molecule has 28 heavy (non-hydrogen) atoms. The molecule has 1 aromatic heterocycles. The highest BCUT2D eigenvalue weighted by Crippen LogP contribution is 2.23. The highest BCUT2D eigenvalue weighted by Gasteiger charge is 2.20. The molecule has 1 amide bonds. The smallest absolute Gasteiger partial charge is 0.234 e. The van der Waals surface area contributed by atoms with Gasteiger partial charge in [-0.2, -0.15) is 0 Å². The first-order valence-corrected chi connectivity index (χ1v) is 10.3. The summed E-state index contributed by atoms with van der Waals surface area (Å²) in [6.07, 6.45) is 0. The fourth-order valence-corrected chi connectivity index (χ4v) is 4.39. The number of aromatic nitrogens is 1. The molecule has 146 valence electrons. The van der Waals surface area contributed by atoms with Gasteiger partial charge >= 0.3 is 0 Å². The van der Waals surface area contributed by atoms with Crippen LogP contribution < -0.4 is 5.32 Å². The molecule has 1 N–H and O–H groups in total. The first-order valence-electron chi connectivity index (χ1n) is 9.46. The Bertz CT molecular complexity index is 919. The van der Waals surface area contributed by atoms with Crippen molar-refractivity contribution in [3.8, 4) is 0 Å². The standard InChI is InChI=1S/C21H23FN4OS/c22-17-6-2-1-5-16(17)13-23-20(27)14-25-9-11-26(12-10-25)15-21-24-18-7-3-4-8-19(18)28-21/h1-8H,9-15H2,(H,23,27). The summed E-state index contributed by atoms with van der Waals surface area (Å²) < 4.78 is 14.8. The zero-order valence-corrected chi connectivity index (χ0v) is 16.4. The summed E-state index contributed by atoms with van der Waals surface area (Å²) in [5.74, 6) is -0.353. The lowest BCUT2D eigenvalue weighted by Gasteiger charge is -2.33. The zero-order valence-electron chi connectivity index (χ0n) is 15.6. The molecule has 3 aromatic rings. The van der Waals surface area contributed by atoms with E-state index in [2.05, 4.69) is 21.2 Å². The lowest BCUT2D eigenvalue weighted by Crippen LogP contribution is -2.49. The van der Waals surface area contributed by atoms with Crippen molar-refractivity contribution in [3.05, 3.63) is 64.9 Å². The number of rotatable bonds is 6. The van der Waals surface area contributed by atoms with Crippen molar-refractivity contribution in [2.75, 3.05) is 32.7 Å². The molecule has 2 heterocycles. The Morgan fingerprint density at radius 1 is 1.04 bits per heavy atom. The molecule has 0 saturated carbocycles. The van der Waals surface area contributed by atoms with Crippen LogP contribution in [-0.2, 0) is 17.9 Å². The molecule has 0 aliphatic carbocycles. The summed E-state index contributed by atoms with van der Waals surface area (Å²) in [5.41, 5.74) is 1.57. The van der Waals surface area contributed by atoms with E-state index in [1.807, 2.05) is 18.2 Å². The number of carbonyl (C=O) groups excluding carboxylic acids is 1. The molecular formula is C21H23FN4OS. The number of fused-ring (bicyclic) bond motifs is 1. The number of piperazine rings is 1. The third-order valence-corrected chi connectivity index (χ3v) is 5.98. The molecule has 0 unspecified atom stereocenters. The molecule has 7 heteroatoms. The van der Waals surface area contributed by atoms with Crippen molar-refractivity contribution in [1.82, 2.24) is 20.1 Å². The van der Waals surface area contributed by atoms with Crippen LogP contribution in [0.15, 0.2) is 48.5 Å². The van der Waals surface area contributed by atoms with E-state index in [1.165, 1.54) is 10.8 Å². The second kappa shape index (κ2) is 8.77. The Hall–Kier alpha value is -2.35. The number of amides is 1. The van der Waals surface area contributed by atoms with E-state index in [9.17, 15) is 9.18 Å². The summed E-state index contributed by atoms with van der Waals surface area (Å²) in [4.78, 5) is 21.4. The molecule has 0 atom stereocenters. The van der Waals surface area contributed by atoms with E-state index in [-0.39, 0.29) is 18.3 Å². The van der Waals surface area contributed by atoms with Crippen LogP contribution in [-0.4, -0.2) is 53.4 Å². The van der Waals surface area contributed by atoms with Crippen molar-refractivity contribution in [1.29, 1.82) is 0 Å². The molecule has 2 aromatic carbocycles. The van der Waals surface area contributed by atoms with Crippen molar-refractivity contribution in [2.24, 2.45) is 0 Å². The van der Waals surface area contributed by atoms with Gasteiger partial charge in [0.2, 0.25) is 5.91 Å². The average molecular weight is 399 g/mol. The Labute approximate surface area is 167 Å². The molecule has 1 aliphatic heterocycles. The van der Waals surface area contributed by atoms with E-state index < -0.39 is 0 Å². The Kier molecular flexibility index (Phi) is 5.95. The normalized spacial score (nSPS) is 15.8. The predicted molar refractivity (Wildman–Crippen MR) is 110 cm³/mol. The van der Waals surface area contributed by atoms with Gasteiger partial charge in [-0.3, -0.25) is 14.6 Å². The monoisotopic (exact) mass is 398 g/mol. The number of hydrogen-bond donors (Lipinski definition) is 1. The minimum Gasteiger partial charge on any atom is -0.351 e. The van der Waals surface area contributed by atoms with E-state index in [0.717, 1.165) is 43.2 Å². The van der Waals surface area contributed by atoms with Gasteiger partial charge in [-0.15, -0.1) is 11.3 Å². The number of halogens is 1. The first-order chi connectivity index (χ1) is 13.7. The first kappa shape index (κ1) is 19.0. The van der Waals surface area contributed by atoms with Gasteiger partial charge < -0.3 is 5.32 Å². The fourth-order valence-electron chi connectivity index (χ4n) is 3.38. The molecule has 1 aliphatic rings. The van der Waals surface area contributed by atoms with Crippen LogP contribution in [0.5, 0.6) is 0 Å². The second-order valence-electron chi connectivity index (χ2n) is 7.00. The molecule has 0 spiro atoms. The maximum atomic E-state index is 13.6. The van der Waals surface area contributed by atoms with E-state index >= 15 is 0 Å². The van der Waals surface area contributed by atoms with Crippen LogP contribution in [0.2, 0.25) is 0 Å². The summed E-state index contributed by atoms with van der Waals surface area (Å²) in [7, 11) is 0. The van der Waals surface area contributed by atoms with Gasteiger partial charge in [0, 0.05) is 38.3 Å². The molecule has 4 rings (SSSR count). The van der Waals surface area contributed by atoms with Gasteiger partial charge in [-0.1, -0.05) is 30.3 Å². The van der Waals surface area contributed by atoms with Crippen LogP contribution in [0.25, 0.3) is 10.2 Å². The summed E-state index contributed by atoms with van der Waals surface area (Å²) in [6.45, 7) is 4.95. The van der Waals surface area contributed by atoms with Crippen molar-refractivity contribution in [2.45, 2.75) is 13.1 Å². The van der Waals surface area contributed by atoms with Gasteiger partial charge in [-0.05, 0) is 18.2 Å². The summed E-state index contributed by atoms with van der Waals surface area (Å²) >= 11 is 1.75. The molecule has 5 nitrogen and oxygen atoms in total. The Balaban J connectivity index is 1.21. The maximum absolute atomic E-state index is 13.6. The summed E-state index contributed by atoms with van der Waals surface area (Å²) in [5, 5.41) is 3.95. The van der Waals surface area contributed by atoms with Crippen molar-refractivity contribution in [3.63, 3.8) is 0 Å². The minimum atomic E-state index is -0.286. The molecule has 1 saturated heterocycles. The topological polar surface area (TPSA) is 48.5 Å². The van der Waals surface area contributed by atoms with Gasteiger partial charge in [-0.25, -0.2) is 9.37 Å². The molecule has 1 fully saturated rings. The predicted octanol–water partition coefficient (Wildman–Crippen LogP) is 2.87. The van der Waals surface area contributed by atoms with Crippen LogP contribution in [0.4, 0.5) is 4.39 Å². The Morgan fingerprint density at radius 3 is 2.54 bits per heavy atom. The SMILES string of the molecule is O=C(CN1CCN(Cc2nc3ccccc3s2)CC1)NCc1ccccc1F. The minimum absolute atomic E-state index is 0.0668. The average Bonchev–Trinajstić information content (AvgIpc) is 3.11. The largest absolute Gasteiger partial charge is 0.351 e. The van der Waals surface area contributed by atoms with Crippen LogP contribution in [0.3, 0.4) is 0 Å². The quantitative estimate of drug-likeness (QED) is 0.694.